The molecule has 30 heavy (non-hydrogen) atoms. The Hall–Kier alpha value is -3.59. The van der Waals surface area contributed by atoms with Gasteiger partial charge in [-0.3, -0.25) is 4.79 Å². The van der Waals surface area contributed by atoms with Crippen LogP contribution in [0.2, 0.25) is 0 Å². The maximum atomic E-state index is 12.5. The van der Waals surface area contributed by atoms with Gasteiger partial charge in [-0.25, -0.2) is 9.67 Å². The van der Waals surface area contributed by atoms with E-state index in [2.05, 4.69) is 15.4 Å². The fraction of sp³-hybridized carbons (Fsp3) is 0.190. The van der Waals surface area contributed by atoms with Gasteiger partial charge >= 0.3 is 0 Å². The number of carbonyl (C=O) groups is 1. The highest BCUT2D eigenvalue weighted by atomic mass is 32.1. The Morgan fingerprint density at radius 3 is 2.87 bits per heavy atom. The number of carbonyl (C=O) groups excluding carboxylic acids is 1. The van der Waals surface area contributed by atoms with Gasteiger partial charge in [0, 0.05) is 17.0 Å². The summed E-state index contributed by atoms with van der Waals surface area (Å²) >= 11 is 1.44. The first kappa shape index (κ1) is 19.7. The largest absolute Gasteiger partial charge is 0.493 e. The number of hydrogen-bond acceptors (Lipinski definition) is 7. The van der Waals surface area contributed by atoms with Crippen LogP contribution in [0.15, 0.2) is 58.7 Å². The fourth-order valence-corrected chi connectivity index (χ4v) is 3.84. The molecule has 0 fully saturated rings. The minimum atomic E-state index is -0.175. The Labute approximate surface area is 177 Å². The van der Waals surface area contributed by atoms with Crippen LogP contribution in [0.3, 0.4) is 0 Å². The summed E-state index contributed by atoms with van der Waals surface area (Å²) in [5.74, 6) is 2.39. The van der Waals surface area contributed by atoms with Crippen molar-refractivity contribution in [1.82, 2.24) is 14.8 Å². The molecule has 8 nitrogen and oxygen atoms in total. The molecule has 1 aromatic carbocycles. The van der Waals surface area contributed by atoms with Crippen molar-refractivity contribution in [3.05, 3.63) is 65.5 Å². The van der Waals surface area contributed by atoms with Gasteiger partial charge in [0.15, 0.2) is 22.3 Å². The zero-order chi connectivity index (χ0) is 20.9. The van der Waals surface area contributed by atoms with Gasteiger partial charge in [0.2, 0.25) is 5.91 Å². The van der Waals surface area contributed by atoms with E-state index in [9.17, 15) is 4.79 Å². The second-order valence-electron chi connectivity index (χ2n) is 6.37. The highest BCUT2D eigenvalue weighted by Gasteiger charge is 2.15. The van der Waals surface area contributed by atoms with Crippen molar-refractivity contribution in [2.24, 2.45) is 0 Å². The van der Waals surface area contributed by atoms with E-state index < -0.39 is 0 Å². The monoisotopic (exact) mass is 424 g/mol. The van der Waals surface area contributed by atoms with Gasteiger partial charge in [-0.15, -0.1) is 11.3 Å². The molecule has 0 aliphatic heterocycles. The van der Waals surface area contributed by atoms with Gasteiger partial charge in [-0.05, 0) is 18.2 Å². The number of amides is 1. The smallest absolute Gasteiger partial charge is 0.231 e. The van der Waals surface area contributed by atoms with E-state index in [4.69, 9.17) is 13.9 Å². The van der Waals surface area contributed by atoms with Crippen molar-refractivity contribution in [1.29, 1.82) is 0 Å². The quantitative estimate of drug-likeness (QED) is 0.462. The molecule has 0 spiro atoms. The van der Waals surface area contributed by atoms with Crippen molar-refractivity contribution in [2.75, 3.05) is 19.5 Å². The lowest BCUT2D eigenvalue weighted by molar-refractivity contribution is -0.115. The number of aromatic nitrogens is 3. The van der Waals surface area contributed by atoms with Crippen LogP contribution in [-0.4, -0.2) is 34.9 Å². The molecule has 0 saturated carbocycles. The van der Waals surface area contributed by atoms with Gasteiger partial charge in [0.05, 0.1) is 45.3 Å². The topological polar surface area (TPSA) is 91.4 Å². The number of benzene rings is 1. The van der Waals surface area contributed by atoms with Crippen LogP contribution >= 0.6 is 11.3 Å². The van der Waals surface area contributed by atoms with E-state index in [0.717, 1.165) is 10.6 Å². The molecule has 0 saturated heterocycles. The lowest BCUT2D eigenvalue weighted by atomic mass is 10.2. The van der Waals surface area contributed by atoms with Crippen molar-refractivity contribution < 1.29 is 18.7 Å². The molecule has 4 rings (SSSR count). The van der Waals surface area contributed by atoms with Gasteiger partial charge < -0.3 is 19.2 Å². The van der Waals surface area contributed by atoms with Gasteiger partial charge in [-0.1, -0.05) is 12.1 Å². The molecule has 3 aromatic heterocycles. The second-order valence-corrected chi connectivity index (χ2v) is 7.23. The zero-order valence-corrected chi connectivity index (χ0v) is 17.3. The Morgan fingerprint density at radius 2 is 2.10 bits per heavy atom. The average molecular weight is 424 g/mol. The summed E-state index contributed by atoms with van der Waals surface area (Å²) < 4.78 is 17.9. The predicted octanol–water partition coefficient (Wildman–Crippen LogP) is 3.85. The Kier molecular flexibility index (Phi) is 5.80. The Morgan fingerprint density at radius 1 is 1.20 bits per heavy atom. The minimum Gasteiger partial charge on any atom is -0.493 e. The Balaban J connectivity index is 1.45. The maximum Gasteiger partial charge on any atom is 0.231 e. The van der Waals surface area contributed by atoms with Crippen LogP contribution in [0, 0.1) is 0 Å². The average Bonchev–Trinajstić information content (AvgIpc) is 3.50. The first-order valence-corrected chi connectivity index (χ1v) is 10.1. The molecule has 0 atom stereocenters. The first-order chi connectivity index (χ1) is 14.7. The number of ether oxygens (including phenoxy) is 2. The van der Waals surface area contributed by atoms with E-state index in [1.54, 1.807) is 37.4 Å². The molecule has 1 amide bonds. The third kappa shape index (κ3) is 4.20. The van der Waals surface area contributed by atoms with Crippen molar-refractivity contribution in [3.8, 4) is 22.3 Å². The van der Waals surface area contributed by atoms with Crippen molar-refractivity contribution in [3.63, 3.8) is 0 Å². The van der Waals surface area contributed by atoms with Crippen molar-refractivity contribution >= 4 is 23.1 Å². The molecular formula is C21H20N4O4S. The molecule has 0 aliphatic carbocycles. The maximum absolute atomic E-state index is 12.5. The van der Waals surface area contributed by atoms with Gasteiger partial charge in [0.1, 0.15) is 5.82 Å². The summed E-state index contributed by atoms with van der Waals surface area (Å²) in [6.07, 6.45) is 3.40. The number of methoxy groups -OCH3 is 2. The van der Waals surface area contributed by atoms with Crippen molar-refractivity contribution in [2.45, 2.75) is 13.0 Å². The van der Waals surface area contributed by atoms with E-state index in [1.165, 1.54) is 11.3 Å². The predicted molar refractivity (Wildman–Crippen MR) is 113 cm³/mol. The molecule has 3 heterocycles. The summed E-state index contributed by atoms with van der Waals surface area (Å²) in [6.45, 7) is 0.419. The lowest BCUT2D eigenvalue weighted by Crippen LogP contribution is -2.18. The lowest BCUT2D eigenvalue weighted by Gasteiger charge is -2.14. The molecule has 0 aliphatic rings. The normalized spacial score (nSPS) is 10.7. The number of rotatable bonds is 8. The minimum absolute atomic E-state index is 0.158. The highest BCUT2D eigenvalue weighted by molar-refractivity contribution is 7.13. The van der Waals surface area contributed by atoms with Crippen LogP contribution in [0.1, 0.15) is 11.3 Å². The third-order valence-electron chi connectivity index (χ3n) is 4.41. The zero-order valence-electron chi connectivity index (χ0n) is 16.5. The summed E-state index contributed by atoms with van der Waals surface area (Å²) in [4.78, 5) is 17.0. The molecule has 154 valence electrons. The molecule has 0 unspecified atom stereocenters. The van der Waals surface area contributed by atoms with Crippen LogP contribution in [-0.2, 0) is 17.8 Å². The molecule has 0 bridgehead atoms. The molecule has 4 aromatic rings. The molecule has 9 heteroatoms. The number of furan rings is 1. The van der Waals surface area contributed by atoms with Crippen LogP contribution in [0.4, 0.5) is 5.82 Å². The standard InChI is InChI=1S/C21H20N4O4S/c1-27-16-6-3-5-14(20(16)28-2)12-25-18(8-9-22-25)24-19(26)11-15-13-30-21(23-15)17-7-4-10-29-17/h3-10,13H,11-12H2,1-2H3,(H,24,26). The Bertz CT molecular complexity index is 1130. The van der Waals surface area contributed by atoms with E-state index in [1.807, 2.05) is 35.7 Å². The van der Waals surface area contributed by atoms with E-state index in [0.29, 0.717) is 35.3 Å². The van der Waals surface area contributed by atoms with Crippen LogP contribution in [0.25, 0.3) is 10.8 Å². The fourth-order valence-electron chi connectivity index (χ4n) is 3.06. The summed E-state index contributed by atoms with van der Waals surface area (Å²) in [7, 11) is 3.19. The SMILES string of the molecule is COc1cccc(Cn2nccc2NC(=O)Cc2csc(-c3ccco3)n2)c1OC. The molecule has 0 radical (unpaired) electrons. The second kappa shape index (κ2) is 8.83. The van der Waals surface area contributed by atoms with Crippen LogP contribution in [0.5, 0.6) is 11.5 Å². The molecule has 1 N–H and O–H groups in total. The summed E-state index contributed by atoms with van der Waals surface area (Å²) in [5, 5.41) is 9.83. The number of nitrogens with zero attached hydrogens (tertiary/aromatic N) is 3. The number of nitrogens with one attached hydrogen (secondary N) is 1. The number of hydrogen-bond donors (Lipinski definition) is 1. The van der Waals surface area contributed by atoms with Gasteiger partial charge in [0.25, 0.3) is 0 Å². The van der Waals surface area contributed by atoms with E-state index in [-0.39, 0.29) is 12.3 Å². The first-order valence-electron chi connectivity index (χ1n) is 9.17. The van der Waals surface area contributed by atoms with Crippen LogP contribution < -0.4 is 14.8 Å². The number of thiazole rings is 1. The summed E-state index contributed by atoms with van der Waals surface area (Å²) in [5.41, 5.74) is 1.57. The van der Waals surface area contributed by atoms with Gasteiger partial charge in [-0.2, -0.15) is 5.10 Å². The third-order valence-corrected chi connectivity index (χ3v) is 5.32. The number of anilines is 1. The highest BCUT2D eigenvalue weighted by Crippen LogP contribution is 2.31. The summed E-state index contributed by atoms with van der Waals surface area (Å²) in [6, 6.07) is 11.0. The molecular weight excluding hydrogens is 404 g/mol. The van der Waals surface area contributed by atoms with E-state index >= 15 is 0 Å². The number of para-hydroxylation sites is 1.